The Morgan fingerprint density at radius 1 is 1.38 bits per heavy atom. The molecule has 2 aromatic rings. The smallest absolute Gasteiger partial charge is 0.171 e. The predicted octanol–water partition coefficient (Wildman–Crippen LogP) is 2.24. The van der Waals surface area contributed by atoms with Crippen molar-refractivity contribution in [2.45, 2.75) is 6.92 Å². The molecule has 0 aliphatic heterocycles. The summed E-state index contributed by atoms with van der Waals surface area (Å²) in [6.07, 6.45) is 0. The van der Waals surface area contributed by atoms with Crippen LogP contribution in [0, 0.1) is 0 Å². The summed E-state index contributed by atoms with van der Waals surface area (Å²) in [5.41, 5.74) is 2.05. The Bertz CT molecular complexity index is 532. The first-order valence-corrected chi connectivity index (χ1v) is 7.41. The molecule has 0 radical (unpaired) electrons. The summed E-state index contributed by atoms with van der Waals surface area (Å²) in [6.45, 7) is 1.91. The SMILES string of the molecule is C=In1nnnc1-c1ccc(C(C)=S)cc1. The van der Waals surface area contributed by atoms with E-state index < -0.39 is 21.0 Å². The van der Waals surface area contributed by atoms with Crippen molar-refractivity contribution in [2.24, 2.45) is 0 Å². The van der Waals surface area contributed by atoms with Gasteiger partial charge in [0.1, 0.15) is 0 Å². The van der Waals surface area contributed by atoms with Crippen molar-refractivity contribution in [1.29, 1.82) is 0 Å². The topological polar surface area (TPSA) is 43.6 Å². The lowest BCUT2D eigenvalue weighted by atomic mass is 10.1. The van der Waals surface area contributed by atoms with Crippen LogP contribution in [-0.2, 0) is 0 Å². The molecule has 1 aromatic carbocycles. The molecule has 82 valence electrons. The second kappa shape index (κ2) is 4.88. The summed E-state index contributed by atoms with van der Waals surface area (Å²) in [6, 6.07) is 7.93. The van der Waals surface area contributed by atoms with Crippen molar-refractivity contribution in [3.63, 3.8) is 0 Å². The van der Waals surface area contributed by atoms with Gasteiger partial charge in [0.15, 0.2) is 5.82 Å². The molecule has 0 N–H and O–H groups in total. The molecule has 4 nitrogen and oxygen atoms in total. The molecule has 2 rings (SSSR count). The van der Waals surface area contributed by atoms with E-state index in [2.05, 4.69) is 20.0 Å². The lowest BCUT2D eigenvalue weighted by Crippen LogP contribution is -1.92. The van der Waals surface area contributed by atoms with Crippen LogP contribution in [0.15, 0.2) is 24.3 Å². The number of rotatable bonds is 3. The maximum Gasteiger partial charge on any atom is 0.191 e. The molecule has 0 aliphatic carbocycles. The molecule has 0 aliphatic rings. The van der Waals surface area contributed by atoms with Crippen molar-refractivity contribution in [2.75, 3.05) is 0 Å². The first-order chi connectivity index (χ1) is 7.72. The van der Waals surface area contributed by atoms with Gasteiger partial charge in [-0.2, -0.15) is 2.90 Å². The van der Waals surface area contributed by atoms with E-state index in [1.165, 1.54) is 0 Å². The van der Waals surface area contributed by atoms with E-state index in [1.54, 1.807) is 2.90 Å². The average molecular weight is 344 g/mol. The molecule has 0 unspecified atom stereocenters. The van der Waals surface area contributed by atoms with Crippen LogP contribution < -0.4 is 0 Å². The van der Waals surface area contributed by atoms with Gasteiger partial charge in [-0.05, 0) is 27.4 Å². The third kappa shape index (κ3) is 2.22. The van der Waals surface area contributed by atoms with Gasteiger partial charge in [-0.3, -0.25) is 0 Å². The quantitative estimate of drug-likeness (QED) is 0.487. The predicted molar refractivity (Wildman–Crippen MR) is 77.2 cm³/mol. The van der Waals surface area contributed by atoms with Crippen LogP contribution in [0.3, 0.4) is 0 Å². The van der Waals surface area contributed by atoms with Crippen molar-refractivity contribution in [3.8, 4) is 11.4 Å². The molecule has 0 spiro atoms. The lowest BCUT2D eigenvalue weighted by molar-refractivity contribution is 0.870. The Hall–Kier alpha value is -1.02. The zero-order valence-electron chi connectivity index (χ0n) is 8.59. The molecule has 0 bridgehead atoms. The minimum atomic E-state index is -0.416. The van der Waals surface area contributed by atoms with Crippen LogP contribution in [0.25, 0.3) is 11.4 Å². The number of benzene rings is 1. The van der Waals surface area contributed by atoms with Crippen molar-refractivity contribution < 1.29 is 0 Å². The van der Waals surface area contributed by atoms with Crippen molar-refractivity contribution in [1.82, 2.24) is 18.4 Å². The van der Waals surface area contributed by atoms with E-state index in [0.717, 1.165) is 21.8 Å². The fourth-order valence-electron chi connectivity index (χ4n) is 1.28. The second-order valence-corrected chi connectivity index (χ2v) is 5.32. The van der Waals surface area contributed by atoms with Crippen LogP contribution in [0.1, 0.15) is 12.5 Å². The molecule has 0 atom stereocenters. The van der Waals surface area contributed by atoms with Crippen LogP contribution in [0.5, 0.6) is 0 Å². The van der Waals surface area contributed by atoms with Gasteiger partial charge < -0.3 is 0 Å². The highest BCUT2D eigenvalue weighted by Crippen LogP contribution is 2.19. The number of tetrazole rings is 1. The maximum atomic E-state index is 5.10. The Morgan fingerprint density at radius 3 is 2.62 bits per heavy atom. The first-order valence-electron chi connectivity index (χ1n) is 4.51. The van der Waals surface area contributed by atoms with Crippen LogP contribution in [-0.4, -0.2) is 27.8 Å². The minimum absolute atomic E-state index is 0.416. The molecular weight excluding hydrogens is 335 g/mol. The number of thiocarbonyl (C=S) groups is 1. The first kappa shape index (κ1) is 11.5. The molecule has 0 saturated heterocycles. The van der Waals surface area contributed by atoms with E-state index in [0.29, 0.717) is 0 Å². The Kier molecular flexibility index (Phi) is 3.49. The Labute approximate surface area is 109 Å². The molecule has 6 heteroatoms. The van der Waals surface area contributed by atoms with Gasteiger partial charge >= 0.3 is 0 Å². The van der Waals surface area contributed by atoms with Gasteiger partial charge in [0, 0.05) is 31.4 Å². The molecule has 1 aromatic heterocycles. The Morgan fingerprint density at radius 2 is 2.06 bits per heavy atom. The largest absolute Gasteiger partial charge is 0.191 e. The summed E-state index contributed by atoms with van der Waals surface area (Å²) in [5, 5.41) is 11.5. The molecular formula is C10H9IN4S. The number of halogens is 1. The normalized spacial score (nSPS) is 10.3. The van der Waals surface area contributed by atoms with Crippen LogP contribution in [0.2, 0.25) is 0 Å². The number of aromatic nitrogens is 4. The van der Waals surface area contributed by atoms with Crippen molar-refractivity contribution in [3.05, 3.63) is 29.8 Å². The fraction of sp³-hybridized carbons (Fsp3) is 0.100. The van der Waals surface area contributed by atoms with E-state index in [-0.39, 0.29) is 0 Å². The summed E-state index contributed by atoms with van der Waals surface area (Å²) in [7, 11) is 0. The third-order valence-electron chi connectivity index (χ3n) is 2.10. The zero-order valence-corrected chi connectivity index (χ0v) is 11.6. The average Bonchev–Trinajstić information content (AvgIpc) is 2.77. The molecule has 0 amide bonds. The van der Waals surface area contributed by atoms with Gasteiger partial charge in [-0.1, -0.05) is 36.5 Å². The zero-order chi connectivity index (χ0) is 11.5. The second-order valence-electron chi connectivity index (χ2n) is 3.12. The summed E-state index contributed by atoms with van der Waals surface area (Å²) >= 11 is 4.69. The number of hydrogen-bond donors (Lipinski definition) is 0. The van der Waals surface area contributed by atoms with E-state index in [9.17, 15) is 0 Å². The van der Waals surface area contributed by atoms with Gasteiger partial charge in [0.2, 0.25) is 0 Å². The summed E-state index contributed by atoms with van der Waals surface area (Å²) in [5.74, 6) is 0.774. The van der Waals surface area contributed by atoms with E-state index in [1.807, 2.05) is 31.2 Å². The summed E-state index contributed by atoms with van der Waals surface area (Å²) < 4.78 is 5.63. The highest BCUT2D eigenvalue weighted by Gasteiger charge is 2.06. The third-order valence-corrected chi connectivity index (χ3v) is 3.63. The molecule has 1 heterocycles. The van der Waals surface area contributed by atoms with Crippen LogP contribution in [0.4, 0.5) is 0 Å². The fourth-order valence-corrected chi connectivity index (χ4v) is 2.33. The highest BCUT2D eigenvalue weighted by atomic mass is 127. The summed E-state index contributed by atoms with van der Waals surface area (Å²) in [4.78, 5) is 0.885. The highest BCUT2D eigenvalue weighted by molar-refractivity contribution is 14.2. The van der Waals surface area contributed by atoms with E-state index >= 15 is 0 Å². The van der Waals surface area contributed by atoms with Gasteiger partial charge in [-0.25, -0.2) is 0 Å². The van der Waals surface area contributed by atoms with Gasteiger partial charge in [0.05, 0.1) is 0 Å². The Balaban J connectivity index is 2.42. The number of nitrogens with zero attached hydrogens (tertiary/aromatic N) is 4. The van der Waals surface area contributed by atoms with Gasteiger partial charge in [-0.15, -0.1) is 5.10 Å². The molecule has 0 fully saturated rings. The maximum absolute atomic E-state index is 5.10. The van der Waals surface area contributed by atoms with Crippen LogP contribution >= 0.6 is 33.2 Å². The molecule has 16 heavy (non-hydrogen) atoms. The monoisotopic (exact) mass is 344 g/mol. The van der Waals surface area contributed by atoms with E-state index in [4.69, 9.17) is 12.2 Å². The van der Waals surface area contributed by atoms with Gasteiger partial charge in [0.25, 0.3) is 0 Å². The van der Waals surface area contributed by atoms with Crippen molar-refractivity contribution >= 4 is 42.6 Å². The standard InChI is InChI=1S/C10H9IN4S/c1-7(16)8-3-5-9(6-4-8)10-12-13-14-15(10)11-2/h3-6H,2H2,1H3. The lowest BCUT2D eigenvalue weighted by Gasteiger charge is -2.01. The molecule has 0 saturated carbocycles. The minimum Gasteiger partial charge on any atom is -0.171 e. The number of hydrogen-bond acceptors (Lipinski definition) is 4.